The molecule has 0 fully saturated rings. The fourth-order valence-corrected chi connectivity index (χ4v) is 3.99. The third kappa shape index (κ3) is 6.19. The maximum Gasteiger partial charge on any atom is 0.345 e. The molecule has 1 heterocycles. The van der Waals surface area contributed by atoms with Gasteiger partial charge in [-0.2, -0.15) is 0 Å². The molecule has 0 aliphatic heterocycles. The maximum absolute atomic E-state index is 13.1. The molecule has 4 rings (SSSR count). The molecule has 11 heteroatoms. The van der Waals surface area contributed by atoms with Gasteiger partial charge in [0.15, 0.2) is 6.61 Å². The number of rotatable bonds is 8. The van der Waals surface area contributed by atoms with Crippen LogP contribution in [0.3, 0.4) is 0 Å². The lowest BCUT2D eigenvalue weighted by molar-refractivity contribution is -0.384. The molecule has 1 N–H and O–H groups in total. The maximum atomic E-state index is 13.1. The molecule has 3 aromatic carbocycles. The summed E-state index contributed by atoms with van der Waals surface area (Å²) in [5.41, 5.74) is 1.07. The number of benzene rings is 3. The number of fused-ring (bicyclic) bond motifs is 1. The second kappa shape index (κ2) is 11.0. The van der Waals surface area contributed by atoms with Crippen molar-refractivity contribution in [1.82, 2.24) is 0 Å². The van der Waals surface area contributed by atoms with E-state index in [1.165, 1.54) is 30.3 Å². The number of hydrogen-bond donors (Lipinski definition) is 1. The van der Waals surface area contributed by atoms with Crippen molar-refractivity contribution in [2.45, 2.75) is 13.0 Å². The highest BCUT2D eigenvalue weighted by molar-refractivity contribution is 9.10. The second-order valence-corrected chi connectivity index (χ2v) is 8.74. The predicted octanol–water partition coefficient (Wildman–Crippen LogP) is 5.07. The van der Waals surface area contributed by atoms with Crippen molar-refractivity contribution in [2.24, 2.45) is 0 Å². The Hall–Kier alpha value is -4.51. The molecule has 188 valence electrons. The van der Waals surface area contributed by atoms with Gasteiger partial charge in [0.1, 0.15) is 11.3 Å². The van der Waals surface area contributed by atoms with Gasteiger partial charge in [-0.15, -0.1) is 0 Å². The van der Waals surface area contributed by atoms with Gasteiger partial charge in [0.2, 0.25) is 6.10 Å². The van der Waals surface area contributed by atoms with E-state index in [0.717, 1.165) is 10.9 Å². The zero-order valence-corrected chi connectivity index (χ0v) is 20.9. The third-order valence-corrected chi connectivity index (χ3v) is 5.95. The molecule has 0 radical (unpaired) electrons. The summed E-state index contributed by atoms with van der Waals surface area (Å²) in [5.74, 6) is -1.22. The van der Waals surface area contributed by atoms with E-state index < -0.39 is 35.1 Å². The fraction of sp³-hybridized carbons (Fsp3) is 0.115. The van der Waals surface area contributed by atoms with Crippen LogP contribution in [-0.4, -0.2) is 23.4 Å². The molecule has 4 aromatic rings. The van der Waals surface area contributed by atoms with Crippen LogP contribution >= 0.6 is 15.9 Å². The van der Waals surface area contributed by atoms with Gasteiger partial charge in [-0.1, -0.05) is 30.3 Å². The SMILES string of the molecule is Cc1cc(=O)oc2cc(OCC(=O)OC(C(=O)Nc3ccc([N+](=O)[O-])cc3Br)c3ccccc3)ccc12. The van der Waals surface area contributed by atoms with Crippen LogP contribution in [0.4, 0.5) is 11.4 Å². The van der Waals surface area contributed by atoms with Gasteiger partial charge in [0.05, 0.1) is 10.6 Å². The number of nitro groups is 1. The summed E-state index contributed by atoms with van der Waals surface area (Å²) in [5, 5.41) is 14.3. The molecular weight excluding hydrogens is 548 g/mol. The molecule has 1 amide bonds. The Morgan fingerprint density at radius 1 is 1.08 bits per heavy atom. The van der Waals surface area contributed by atoms with Crippen LogP contribution in [0.15, 0.2) is 86.5 Å². The van der Waals surface area contributed by atoms with Gasteiger partial charge in [-0.05, 0) is 46.6 Å². The third-order valence-electron chi connectivity index (χ3n) is 5.29. The summed E-state index contributed by atoms with van der Waals surface area (Å²) < 4.78 is 16.4. The number of halogens is 1. The molecule has 0 bridgehead atoms. The van der Waals surface area contributed by atoms with Gasteiger partial charge >= 0.3 is 11.6 Å². The number of amides is 1. The van der Waals surface area contributed by atoms with Gasteiger partial charge < -0.3 is 19.2 Å². The molecule has 37 heavy (non-hydrogen) atoms. The highest BCUT2D eigenvalue weighted by atomic mass is 79.9. The molecule has 0 saturated heterocycles. The van der Waals surface area contributed by atoms with Crippen molar-refractivity contribution in [3.8, 4) is 5.75 Å². The molecule has 0 aliphatic carbocycles. The number of nitro benzene ring substituents is 1. The summed E-state index contributed by atoms with van der Waals surface area (Å²) >= 11 is 3.20. The average Bonchev–Trinajstić information content (AvgIpc) is 2.87. The zero-order valence-electron chi connectivity index (χ0n) is 19.3. The highest BCUT2D eigenvalue weighted by Crippen LogP contribution is 2.29. The Bertz CT molecular complexity index is 1550. The van der Waals surface area contributed by atoms with Gasteiger partial charge in [0, 0.05) is 39.7 Å². The Morgan fingerprint density at radius 3 is 2.54 bits per heavy atom. The minimum atomic E-state index is -1.32. The Labute approximate surface area is 218 Å². The molecular formula is C26H19BrN2O8. The molecule has 1 atom stereocenters. The Balaban J connectivity index is 1.48. The number of aryl methyl sites for hydroxylation is 1. The first-order valence-electron chi connectivity index (χ1n) is 10.9. The van der Waals surface area contributed by atoms with Crippen molar-refractivity contribution >= 4 is 50.2 Å². The smallest absolute Gasteiger partial charge is 0.345 e. The van der Waals surface area contributed by atoms with E-state index in [2.05, 4.69) is 21.2 Å². The molecule has 0 saturated carbocycles. The van der Waals surface area contributed by atoms with E-state index in [9.17, 15) is 24.5 Å². The van der Waals surface area contributed by atoms with Crippen molar-refractivity contribution in [3.63, 3.8) is 0 Å². The lowest BCUT2D eigenvalue weighted by atomic mass is 10.1. The molecule has 1 unspecified atom stereocenters. The molecule has 1 aromatic heterocycles. The second-order valence-electron chi connectivity index (χ2n) is 7.89. The lowest BCUT2D eigenvalue weighted by Crippen LogP contribution is -2.28. The van der Waals surface area contributed by atoms with Crippen LogP contribution in [-0.2, 0) is 14.3 Å². The first-order valence-corrected chi connectivity index (χ1v) is 11.7. The Morgan fingerprint density at radius 2 is 1.84 bits per heavy atom. The minimum absolute atomic E-state index is 0.156. The number of carbonyl (C=O) groups excluding carboxylic acids is 2. The number of anilines is 1. The van der Waals surface area contributed by atoms with E-state index in [1.54, 1.807) is 49.4 Å². The fourth-order valence-electron chi connectivity index (χ4n) is 3.52. The number of ether oxygens (including phenoxy) is 2. The summed E-state index contributed by atoms with van der Waals surface area (Å²) in [6.45, 7) is 1.26. The van der Waals surface area contributed by atoms with E-state index in [4.69, 9.17) is 13.9 Å². The first-order chi connectivity index (χ1) is 17.7. The van der Waals surface area contributed by atoms with Crippen LogP contribution in [0.25, 0.3) is 11.0 Å². The number of hydrogen-bond acceptors (Lipinski definition) is 8. The van der Waals surface area contributed by atoms with Crippen molar-refractivity contribution < 1.29 is 28.4 Å². The van der Waals surface area contributed by atoms with E-state index >= 15 is 0 Å². The minimum Gasteiger partial charge on any atom is -0.482 e. The van der Waals surface area contributed by atoms with E-state index in [1.807, 2.05) is 0 Å². The predicted molar refractivity (Wildman–Crippen MR) is 137 cm³/mol. The van der Waals surface area contributed by atoms with Crippen LogP contribution in [0.5, 0.6) is 5.75 Å². The van der Waals surface area contributed by atoms with Crippen molar-refractivity contribution in [2.75, 3.05) is 11.9 Å². The Kier molecular flexibility index (Phi) is 7.63. The average molecular weight is 567 g/mol. The van der Waals surface area contributed by atoms with Crippen LogP contribution in [0.1, 0.15) is 17.2 Å². The normalized spacial score (nSPS) is 11.5. The zero-order chi connectivity index (χ0) is 26.5. The summed E-state index contributed by atoms with van der Waals surface area (Å²) in [6.07, 6.45) is -1.32. The van der Waals surface area contributed by atoms with Crippen molar-refractivity contribution in [1.29, 1.82) is 0 Å². The standard InChI is InChI=1S/C26H19BrN2O8/c1-15-11-23(30)36-22-13-18(8-9-19(15)22)35-14-24(31)37-25(16-5-3-2-4-6-16)26(32)28-21-10-7-17(29(33)34)12-20(21)27/h2-13,25H,14H2,1H3,(H,28,32). The number of esters is 1. The van der Waals surface area contributed by atoms with Crippen LogP contribution < -0.4 is 15.7 Å². The van der Waals surface area contributed by atoms with Gasteiger partial charge in [-0.25, -0.2) is 9.59 Å². The largest absolute Gasteiger partial charge is 0.482 e. The highest BCUT2D eigenvalue weighted by Gasteiger charge is 2.26. The van der Waals surface area contributed by atoms with Crippen LogP contribution in [0, 0.1) is 17.0 Å². The molecule has 0 spiro atoms. The monoisotopic (exact) mass is 566 g/mol. The molecule has 10 nitrogen and oxygen atoms in total. The van der Waals surface area contributed by atoms with Gasteiger partial charge in [0.25, 0.3) is 11.6 Å². The number of nitrogens with zero attached hydrogens (tertiary/aromatic N) is 1. The topological polar surface area (TPSA) is 138 Å². The number of carbonyl (C=O) groups is 2. The summed E-state index contributed by atoms with van der Waals surface area (Å²) in [6, 6.07) is 18.4. The first kappa shape index (κ1) is 25.6. The quantitative estimate of drug-likeness (QED) is 0.135. The van der Waals surface area contributed by atoms with Gasteiger partial charge in [-0.3, -0.25) is 14.9 Å². The number of nitrogens with one attached hydrogen (secondary N) is 1. The summed E-state index contributed by atoms with van der Waals surface area (Å²) in [7, 11) is 0. The van der Waals surface area contributed by atoms with Crippen LogP contribution in [0.2, 0.25) is 0 Å². The lowest BCUT2D eigenvalue weighted by Gasteiger charge is -2.19. The van der Waals surface area contributed by atoms with E-state index in [0.29, 0.717) is 11.1 Å². The van der Waals surface area contributed by atoms with Crippen molar-refractivity contribution in [3.05, 3.63) is 109 Å². The summed E-state index contributed by atoms with van der Waals surface area (Å²) in [4.78, 5) is 47.8. The molecule has 0 aliphatic rings. The van der Waals surface area contributed by atoms with E-state index in [-0.39, 0.29) is 21.6 Å². The number of non-ortho nitro benzene ring substituents is 1.